The molecular weight excluding hydrogens is 175 g/mol. The van der Waals surface area contributed by atoms with E-state index in [0.29, 0.717) is 0 Å². The molecule has 0 aliphatic rings. The van der Waals surface area contributed by atoms with E-state index < -0.39 is 0 Å². The molecule has 0 aliphatic heterocycles. The zero-order chi connectivity index (χ0) is 10.1. The van der Waals surface area contributed by atoms with Crippen molar-refractivity contribution in [3.8, 4) is 0 Å². The van der Waals surface area contributed by atoms with Gasteiger partial charge in [0.05, 0.1) is 0 Å². The van der Waals surface area contributed by atoms with E-state index in [1.54, 1.807) is 0 Å². The lowest BCUT2D eigenvalue weighted by atomic mass is 10.1. The fraction of sp³-hybridized carbons (Fsp3) is 0.250. The van der Waals surface area contributed by atoms with Crippen LogP contribution in [0.3, 0.4) is 0 Å². The highest BCUT2D eigenvalue weighted by molar-refractivity contribution is 7.38. The molecule has 0 amide bonds. The van der Waals surface area contributed by atoms with Crippen LogP contribution in [0.1, 0.15) is 13.8 Å². The van der Waals surface area contributed by atoms with Crippen LogP contribution in [0.25, 0.3) is 0 Å². The summed E-state index contributed by atoms with van der Waals surface area (Å²) in [4.78, 5) is 0. The van der Waals surface area contributed by atoms with Crippen molar-refractivity contribution >= 4 is 14.0 Å². The fourth-order valence-corrected chi connectivity index (χ4v) is 1.53. The SMILES string of the molecule is C=C/C=C(/C=P/C)C(\C=C/C)=C\C. The molecule has 0 radical (unpaired) electrons. The molecule has 0 N–H and O–H groups in total. The van der Waals surface area contributed by atoms with Crippen molar-refractivity contribution < 1.29 is 0 Å². The van der Waals surface area contributed by atoms with Gasteiger partial charge in [0.1, 0.15) is 0 Å². The van der Waals surface area contributed by atoms with Gasteiger partial charge in [0.25, 0.3) is 0 Å². The van der Waals surface area contributed by atoms with Crippen LogP contribution in [0.5, 0.6) is 0 Å². The van der Waals surface area contributed by atoms with Gasteiger partial charge in [0.15, 0.2) is 0 Å². The van der Waals surface area contributed by atoms with Gasteiger partial charge in [0.2, 0.25) is 0 Å². The number of allylic oxidation sites excluding steroid dienone is 7. The minimum atomic E-state index is 1.24. The first-order valence-corrected chi connectivity index (χ1v) is 5.75. The lowest BCUT2D eigenvalue weighted by Crippen LogP contribution is -1.86. The Morgan fingerprint density at radius 3 is 2.31 bits per heavy atom. The van der Waals surface area contributed by atoms with E-state index in [-0.39, 0.29) is 0 Å². The van der Waals surface area contributed by atoms with Crippen molar-refractivity contribution in [1.29, 1.82) is 0 Å². The van der Waals surface area contributed by atoms with Gasteiger partial charge in [-0.05, 0) is 37.5 Å². The van der Waals surface area contributed by atoms with E-state index >= 15 is 0 Å². The minimum Gasteiger partial charge on any atom is -0.107 e. The molecule has 0 unspecified atom stereocenters. The van der Waals surface area contributed by atoms with Crippen LogP contribution < -0.4 is 0 Å². The van der Waals surface area contributed by atoms with Crippen LogP contribution in [-0.4, -0.2) is 12.5 Å². The quantitative estimate of drug-likeness (QED) is 0.466. The third-order valence-electron chi connectivity index (χ3n) is 1.56. The summed E-state index contributed by atoms with van der Waals surface area (Å²) in [5.41, 5.74) is 2.48. The monoisotopic (exact) mass is 192 g/mol. The third kappa shape index (κ3) is 4.65. The predicted molar refractivity (Wildman–Crippen MR) is 65.8 cm³/mol. The molecule has 0 aromatic rings. The molecule has 0 nitrogen and oxygen atoms in total. The van der Waals surface area contributed by atoms with Crippen LogP contribution in [0.15, 0.2) is 48.1 Å². The molecule has 0 spiro atoms. The van der Waals surface area contributed by atoms with Gasteiger partial charge < -0.3 is 0 Å². The van der Waals surface area contributed by atoms with E-state index in [1.165, 1.54) is 19.4 Å². The summed E-state index contributed by atoms with van der Waals surface area (Å²) in [6.07, 6.45) is 10.1. The molecule has 0 rings (SSSR count). The molecule has 0 fully saturated rings. The Morgan fingerprint density at radius 1 is 1.23 bits per heavy atom. The van der Waals surface area contributed by atoms with Gasteiger partial charge in [-0.2, -0.15) is 0 Å². The topological polar surface area (TPSA) is 0 Å². The smallest absolute Gasteiger partial charge is 0.0145 e. The average molecular weight is 192 g/mol. The van der Waals surface area contributed by atoms with Crippen LogP contribution in [0.4, 0.5) is 0 Å². The summed E-state index contributed by atoms with van der Waals surface area (Å²) < 4.78 is 0. The Bertz CT molecular complexity index is 265. The summed E-state index contributed by atoms with van der Waals surface area (Å²) in [6, 6.07) is 0. The van der Waals surface area contributed by atoms with Crippen molar-refractivity contribution in [2.24, 2.45) is 0 Å². The lowest BCUT2D eigenvalue weighted by Gasteiger charge is -2.00. The Balaban J connectivity index is 4.92. The summed E-state index contributed by atoms with van der Waals surface area (Å²) in [5.74, 6) is 2.18. The Morgan fingerprint density at radius 2 is 1.92 bits per heavy atom. The fourth-order valence-electron chi connectivity index (χ4n) is 1.02. The minimum absolute atomic E-state index is 1.24. The van der Waals surface area contributed by atoms with Crippen molar-refractivity contribution in [2.75, 3.05) is 6.66 Å². The van der Waals surface area contributed by atoms with Crippen molar-refractivity contribution in [2.45, 2.75) is 13.8 Å². The summed E-state index contributed by atoms with van der Waals surface area (Å²) >= 11 is 0. The van der Waals surface area contributed by atoms with Crippen molar-refractivity contribution in [3.05, 3.63) is 48.1 Å². The highest BCUT2D eigenvalue weighted by Gasteiger charge is 1.94. The molecule has 0 aromatic heterocycles. The van der Waals surface area contributed by atoms with Gasteiger partial charge >= 0.3 is 0 Å². The summed E-state index contributed by atoms with van der Waals surface area (Å²) in [5, 5.41) is 0. The molecule has 0 saturated heterocycles. The first kappa shape index (κ1) is 12.1. The van der Waals surface area contributed by atoms with Gasteiger partial charge in [-0.1, -0.05) is 37.0 Å². The molecule has 0 aliphatic carbocycles. The largest absolute Gasteiger partial charge is 0.107 e. The predicted octanol–water partition coefficient (Wildman–Crippen LogP) is 4.00. The molecule has 0 atom stereocenters. The summed E-state index contributed by atoms with van der Waals surface area (Å²) in [6.45, 7) is 9.89. The van der Waals surface area contributed by atoms with Crippen LogP contribution in [0, 0.1) is 0 Å². The maximum atomic E-state index is 3.71. The van der Waals surface area contributed by atoms with Crippen LogP contribution >= 0.6 is 8.20 Å². The number of rotatable bonds is 4. The third-order valence-corrected chi connectivity index (χ3v) is 2.09. The zero-order valence-electron chi connectivity index (χ0n) is 8.62. The van der Waals surface area contributed by atoms with Gasteiger partial charge in [0, 0.05) is 0 Å². The van der Waals surface area contributed by atoms with E-state index in [0.717, 1.165) is 0 Å². The Hall–Kier alpha value is -0.870. The van der Waals surface area contributed by atoms with E-state index in [1.807, 2.05) is 32.1 Å². The van der Waals surface area contributed by atoms with Crippen LogP contribution in [-0.2, 0) is 0 Å². The molecule has 13 heavy (non-hydrogen) atoms. The zero-order valence-corrected chi connectivity index (χ0v) is 9.51. The number of hydrogen-bond donors (Lipinski definition) is 0. The van der Waals surface area contributed by atoms with E-state index in [4.69, 9.17) is 0 Å². The first-order chi connectivity index (χ1) is 6.29. The van der Waals surface area contributed by atoms with Crippen molar-refractivity contribution in [3.63, 3.8) is 0 Å². The van der Waals surface area contributed by atoms with Gasteiger partial charge in [-0.25, -0.2) is 0 Å². The first-order valence-electron chi connectivity index (χ1n) is 4.34. The molecule has 1 heteroatoms. The van der Waals surface area contributed by atoms with Crippen LogP contribution in [0.2, 0.25) is 0 Å². The van der Waals surface area contributed by atoms with E-state index in [2.05, 4.69) is 31.2 Å². The second-order valence-electron chi connectivity index (χ2n) is 2.49. The highest BCUT2D eigenvalue weighted by atomic mass is 31.1. The van der Waals surface area contributed by atoms with Gasteiger partial charge in [-0.3, -0.25) is 0 Å². The highest BCUT2D eigenvalue weighted by Crippen LogP contribution is 2.11. The maximum Gasteiger partial charge on any atom is -0.0145 e. The Labute approximate surface area is 83.2 Å². The maximum absolute atomic E-state index is 3.71. The molecular formula is C12H17P. The van der Waals surface area contributed by atoms with Crippen molar-refractivity contribution in [1.82, 2.24) is 0 Å². The normalized spacial score (nSPS) is 14.4. The Kier molecular flexibility index (Phi) is 7.24. The van der Waals surface area contributed by atoms with Gasteiger partial charge in [-0.15, -0.1) is 8.20 Å². The molecule has 0 heterocycles. The lowest BCUT2D eigenvalue weighted by molar-refractivity contribution is 1.54. The average Bonchev–Trinajstić information content (AvgIpc) is 2.14. The summed E-state index contributed by atoms with van der Waals surface area (Å²) in [7, 11) is 1.27. The second-order valence-corrected chi connectivity index (χ2v) is 3.26. The number of hydrogen-bond acceptors (Lipinski definition) is 0. The van der Waals surface area contributed by atoms with E-state index in [9.17, 15) is 0 Å². The molecule has 70 valence electrons. The molecule has 0 aromatic carbocycles. The molecule has 0 bridgehead atoms. The second kappa shape index (κ2) is 7.76. The standard InChI is InChI=1S/C12H17P/c1-5-8-11(7-3)12(9-6-2)10-13-4/h5-10H,2H2,1,3-4H3/b8-5-,11-7+,12-9-. The molecule has 0 saturated carbocycles.